The molecule has 5 nitrogen and oxygen atoms in total. The van der Waals surface area contributed by atoms with Crippen LogP contribution in [0.15, 0.2) is 0 Å². The Balaban J connectivity index is 2.68. The Morgan fingerprint density at radius 3 is 2.65 bits per heavy atom. The Bertz CT molecular complexity index is 293. The Morgan fingerprint density at radius 2 is 2.24 bits per heavy atom. The van der Waals surface area contributed by atoms with E-state index in [1.165, 1.54) is 0 Å². The van der Waals surface area contributed by atoms with E-state index in [9.17, 15) is 4.79 Å². The highest BCUT2D eigenvalue weighted by Crippen LogP contribution is 2.49. The van der Waals surface area contributed by atoms with E-state index in [4.69, 9.17) is 15.6 Å². The van der Waals surface area contributed by atoms with Crippen molar-refractivity contribution in [3.05, 3.63) is 0 Å². The summed E-state index contributed by atoms with van der Waals surface area (Å²) in [6.45, 7) is 8.10. The number of aliphatic hydroxyl groups is 1. The van der Waals surface area contributed by atoms with Crippen LogP contribution in [0.5, 0.6) is 0 Å². The molecule has 1 amide bonds. The van der Waals surface area contributed by atoms with Gasteiger partial charge >= 0.3 is 0 Å². The standard InChI is InChI=1S/C12H24N2O3/c1-5-17-9-6-12(13,11(9,3)4)10(16)14-8(2)7-15/h8-9,15H,5-7,13H2,1-4H3,(H,14,16)/t8-,9?,12?/m1/s1. The molecule has 0 spiro atoms. The molecular weight excluding hydrogens is 220 g/mol. The van der Waals surface area contributed by atoms with Crippen molar-refractivity contribution in [3.8, 4) is 0 Å². The van der Waals surface area contributed by atoms with Crippen LogP contribution in [0.25, 0.3) is 0 Å². The second-order valence-corrected chi connectivity index (χ2v) is 5.40. The fourth-order valence-corrected chi connectivity index (χ4v) is 2.22. The highest BCUT2D eigenvalue weighted by Gasteiger charge is 2.62. The average Bonchev–Trinajstić information content (AvgIpc) is 2.28. The van der Waals surface area contributed by atoms with Gasteiger partial charge in [0.05, 0.1) is 12.7 Å². The normalized spacial score (nSPS) is 32.7. The third kappa shape index (κ3) is 2.32. The number of amides is 1. The SMILES string of the molecule is CCOC1CC(N)(C(=O)N[C@H](C)CO)C1(C)C. The molecule has 100 valence electrons. The molecule has 0 aromatic heterocycles. The molecule has 4 N–H and O–H groups in total. The number of carbonyl (C=O) groups excluding carboxylic acids is 1. The van der Waals surface area contributed by atoms with Gasteiger partial charge in [0.15, 0.2) is 0 Å². The van der Waals surface area contributed by atoms with Gasteiger partial charge in [-0.3, -0.25) is 4.79 Å². The van der Waals surface area contributed by atoms with Crippen LogP contribution in [0.4, 0.5) is 0 Å². The van der Waals surface area contributed by atoms with Crippen molar-refractivity contribution in [3.63, 3.8) is 0 Å². The Hall–Kier alpha value is -0.650. The topological polar surface area (TPSA) is 84.6 Å². The zero-order valence-corrected chi connectivity index (χ0v) is 11.1. The summed E-state index contributed by atoms with van der Waals surface area (Å²) in [5, 5.41) is 11.6. The van der Waals surface area contributed by atoms with Gasteiger partial charge in [0.25, 0.3) is 0 Å². The first-order valence-corrected chi connectivity index (χ1v) is 6.12. The number of hydrogen-bond acceptors (Lipinski definition) is 4. The van der Waals surface area contributed by atoms with E-state index in [-0.39, 0.29) is 30.1 Å². The van der Waals surface area contributed by atoms with Crippen LogP contribution in [0.1, 0.15) is 34.1 Å². The first-order valence-electron chi connectivity index (χ1n) is 6.12. The number of ether oxygens (including phenoxy) is 1. The van der Waals surface area contributed by atoms with Crippen LogP contribution in [0, 0.1) is 5.41 Å². The molecule has 1 aliphatic carbocycles. The lowest BCUT2D eigenvalue weighted by molar-refractivity contribution is -0.171. The number of aliphatic hydroxyl groups excluding tert-OH is 1. The van der Waals surface area contributed by atoms with Crippen molar-refractivity contribution in [1.29, 1.82) is 0 Å². The summed E-state index contributed by atoms with van der Waals surface area (Å²) in [5.74, 6) is -0.208. The summed E-state index contributed by atoms with van der Waals surface area (Å²) >= 11 is 0. The molecule has 3 atom stereocenters. The molecule has 0 heterocycles. The molecule has 0 bridgehead atoms. The van der Waals surface area contributed by atoms with Gasteiger partial charge in [-0.1, -0.05) is 13.8 Å². The predicted octanol–water partition coefficient (Wildman–Crippen LogP) is 0.0159. The summed E-state index contributed by atoms with van der Waals surface area (Å²) in [6, 6.07) is -0.273. The molecule has 0 radical (unpaired) electrons. The molecule has 0 aromatic carbocycles. The second-order valence-electron chi connectivity index (χ2n) is 5.40. The number of rotatable bonds is 5. The van der Waals surface area contributed by atoms with Crippen molar-refractivity contribution >= 4 is 5.91 Å². The molecule has 1 rings (SSSR count). The lowest BCUT2D eigenvalue weighted by atomic mass is 9.54. The predicted molar refractivity (Wildman–Crippen MR) is 65.4 cm³/mol. The van der Waals surface area contributed by atoms with Gasteiger partial charge in [0, 0.05) is 24.5 Å². The lowest BCUT2D eigenvalue weighted by Gasteiger charge is -2.57. The molecular formula is C12H24N2O3. The molecule has 1 saturated carbocycles. The lowest BCUT2D eigenvalue weighted by Crippen LogP contribution is -2.76. The summed E-state index contributed by atoms with van der Waals surface area (Å²) in [6.07, 6.45) is 0.547. The first kappa shape index (κ1) is 14.4. The monoisotopic (exact) mass is 244 g/mol. The van der Waals surface area contributed by atoms with E-state index in [2.05, 4.69) is 5.32 Å². The van der Waals surface area contributed by atoms with Gasteiger partial charge in [0.1, 0.15) is 5.54 Å². The third-order valence-corrected chi connectivity index (χ3v) is 3.89. The number of carbonyl (C=O) groups is 1. The maximum atomic E-state index is 12.1. The first-order chi connectivity index (χ1) is 7.79. The Morgan fingerprint density at radius 1 is 1.65 bits per heavy atom. The van der Waals surface area contributed by atoms with E-state index in [0.29, 0.717) is 13.0 Å². The largest absolute Gasteiger partial charge is 0.394 e. The van der Waals surface area contributed by atoms with Gasteiger partial charge in [-0.25, -0.2) is 0 Å². The van der Waals surface area contributed by atoms with Gasteiger partial charge < -0.3 is 20.9 Å². The van der Waals surface area contributed by atoms with Crippen molar-refractivity contribution < 1.29 is 14.6 Å². The Labute approximate surface area is 103 Å². The summed E-state index contributed by atoms with van der Waals surface area (Å²) in [7, 11) is 0. The minimum atomic E-state index is -0.906. The minimum Gasteiger partial charge on any atom is -0.394 e. The molecule has 2 unspecified atom stereocenters. The van der Waals surface area contributed by atoms with Gasteiger partial charge in [-0.2, -0.15) is 0 Å². The molecule has 1 fully saturated rings. The van der Waals surface area contributed by atoms with E-state index < -0.39 is 5.54 Å². The van der Waals surface area contributed by atoms with Crippen molar-refractivity contribution in [1.82, 2.24) is 5.32 Å². The van der Waals surface area contributed by atoms with E-state index in [1.807, 2.05) is 20.8 Å². The summed E-state index contributed by atoms with van der Waals surface area (Å²) in [4.78, 5) is 12.1. The molecule has 0 aliphatic heterocycles. The quantitative estimate of drug-likeness (QED) is 0.636. The van der Waals surface area contributed by atoms with Crippen molar-refractivity contribution in [2.75, 3.05) is 13.2 Å². The highest BCUT2D eigenvalue weighted by atomic mass is 16.5. The zero-order chi connectivity index (χ0) is 13.3. The summed E-state index contributed by atoms with van der Waals surface area (Å²) < 4.78 is 5.56. The van der Waals surface area contributed by atoms with Crippen molar-refractivity contribution in [2.24, 2.45) is 11.1 Å². The van der Waals surface area contributed by atoms with Crippen molar-refractivity contribution in [2.45, 2.75) is 51.8 Å². The molecule has 17 heavy (non-hydrogen) atoms. The molecule has 0 saturated heterocycles. The van der Waals surface area contributed by atoms with Gasteiger partial charge in [-0.05, 0) is 13.8 Å². The van der Waals surface area contributed by atoms with Crippen LogP contribution < -0.4 is 11.1 Å². The second kappa shape index (κ2) is 4.92. The number of nitrogens with two attached hydrogens (primary N) is 1. The van der Waals surface area contributed by atoms with Gasteiger partial charge in [0.2, 0.25) is 5.91 Å². The maximum absolute atomic E-state index is 12.1. The average molecular weight is 244 g/mol. The molecule has 5 heteroatoms. The Kier molecular flexibility index (Phi) is 4.17. The van der Waals surface area contributed by atoms with Crippen LogP contribution >= 0.6 is 0 Å². The summed E-state index contributed by atoms with van der Waals surface area (Å²) in [5.41, 5.74) is 4.88. The number of hydrogen-bond donors (Lipinski definition) is 3. The van der Waals surface area contributed by atoms with Crippen LogP contribution in [-0.4, -0.2) is 41.9 Å². The van der Waals surface area contributed by atoms with Crippen LogP contribution in [-0.2, 0) is 9.53 Å². The van der Waals surface area contributed by atoms with E-state index in [1.54, 1.807) is 6.92 Å². The molecule has 1 aliphatic rings. The van der Waals surface area contributed by atoms with Crippen LogP contribution in [0.3, 0.4) is 0 Å². The smallest absolute Gasteiger partial charge is 0.241 e. The third-order valence-electron chi connectivity index (χ3n) is 3.89. The molecule has 0 aromatic rings. The van der Waals surface area contributed by atoms with E-state index >= 15 is 0 Å². The fourth-order valence-electron chi connectivity index (χ4n) is 2.22. The number of nitrogens with one attached hydrogen (secondary N) is 1. The van der Waals surface area contributed by atoms with E-state index in [0.717, 1.165) is 0 Å². The zero-order valence-electron chi connectivity index (χ0n) is 11.1. The highest BCUT2D eigenvalue weighted by molar-refractivity contribution is 5.89. The van der Waals surface area contributed by atoms with Gasteiger partial charge in [-0.15, -0.1) is 0 Å². The van der Waals surface area contributed by atoms with Crippen LogP contribution in [0.2, 0.25) is 0 Å². The fraction of sp³-hybridized carbons (Fsp3) is 0.917. The minimum absolute atomic E-state index is 0.0210. The maximum Gasteiger partial charge on any atom is 0.241 e.